The van der Waals surface area contributed by atoms with Crippen LogP contribution in [0.5, 0.6) is 0 Å². The van der Waals surface area contributed by atoms with Crippen molar-refractivity contribution in [2.24, 2.45) is 0 Å². The van der Waals surface area contributed by atoms with Gasteiger partial charge in [-0.1, -0.05) is 367 Å². The van der Waals surface area contributed by atoms with Gasteiger partial charge in [0.25, 0.3) is 0 Å². The zero-order valence-electron chi connectivity index (χ0n) is 51.4. The molecule has 75 heavy (non-hydrogen) atoms. The highest BCUT2D eigenvalue weighted by molar-refractivity contribution is 5.71. The van der Waals surface area contributed by atoms with Crippen LogP contribution in [-0.4, -0.2) is 37.2 Å². The van der Waals surface area contributed by atoms with Crippen molar-refractivity contribution < 1.29 is 28.6 Å². The van der Waals surface area contributed by atoms with Crippen molar-refractivity contribution in [2.45, 2.75) is 412 Å². The lowest BCUT2D eigenvalue weighted by Crippen LogP contribution is -2.30. The molecular formula is C69H134O6. The van der Waals surface area contributed by atoms with E-state index < -0.39 is 6.10 Å². The van der Waals surface area contributed by atoms with Gasteiger partial charge in [0.05, 0.1) is 0 Å². The van der Waals surface area contributed by atoms with E-state index in [1.54, 1.807) is 0 Å². The first kappa shape index (κ1) is 73.4. The summed E-state index contributed by atoms with van der Waals surface area (Å²) in [5.74, 6) is -0.828. The molecule has 0 rings (SSSR count). The van der Waals surface area contributed by atoms with E-state index in [0.717, 1.165) is 57.8 Å². The monoisotopic (exact) mass is 1060 g/mol. The maximum absolute atomic E-state index is 12.9. The Labute approximate surface area is 469 Å². The summed E-state index contributed by atoms with van der Waals surface area (Å²) in [5, 5.41) is 0. The van der Waals surface area contributed by atoms with Crippen molar-refractivity contribution >= 4 is 17.9 Å². The van der Waals surface area contributed by atoms with Crippen molar-refractivity contribution in [3.05, 3.63) is 0 Å². The lowest BCUT2D eigenvalue weighted by molar-refractivity contribution is -0.167. The fourth-order valence-corrected chi connectivity index (χ4v) is 10.9. The van der Waals surface area contributed by atoms with Crippen molar-refractivity contribution in [2.75, 3.05) is 13.2 Å². The Morgan fingerprint density at radius 2 is 0.360 bits per heavy atom. The number of ether oxygens (including phenoxy) is 3. The van der Waals surface area contributed by atoms with Crippen LogP contribution < -0.4 is 0 Å². The van der Waals surface area contributed by atoms with Crippen LogP contribution in [0.2, 0.25) is 0 Å². The molecular weight excluding hydrogens is 925 g/mol. The number of esters is 3. The van der Waals surface area contributed by atoms with Crippen molar-refractivity contribution in [3.63, 3.8) is 0 Å². The van der Waals surface area contributed by atoms with Gasteiger partial charge in [-0.25, -0.2) is 0 Å². The lowest BCUT2D eigenvalue weighted by Gasteiger charge is -2.18. The molecule has 0 aliphatic heterocycles. The smallest absolute Gasteiger partial charge is 0.306 e. The van der Waals surface area contributed by atoms with E-state index in [9.17, 15) is 14.4 Å². The van der Waals surface area contributed by atoms with Crippen LogP contribution >= 0.6 is 0 Å². The molecule has 6 heteroatoms. The van der Waals surface area contributed by atoms with E-state index in [-0.39, 0.29) is 31.1 Å². The Morgan fingerprint density at radius 3 is 0.533 bits per heavy atom. The van der Waals surface area contributed by atoms with Gasteiger partial charge in [0, 0.05) is 19.3 Å². The van der Waals surface area contributed by atoms with Crippen LogP contribution in [0.25, 0.3) is 0 Å². The molecule has 0 aromatic heterocycles. The predicted molar refractivity (Wildman–Crippen MR) is 326 cm³/mol. The van der Waals surface area contributed by atoms with Gasteiger partial charge < -0.3 is 14.2 Å². The van der Waals surface area contributed by atoms with Gasteiger partial charge in [0.15, 0.2) is 6.10 Å². The molecule has 446 valence electrons. The van der Waals surface area contributed by atoms with Gasteiger partial charge in [-0.2, -0.15) is 0 Å². The molecule has 0 aromatic carbocycles. The minimum atomic E-state index is -0.762. The largest absolute Gasteiger partial charge is 0.462 e. The van der Waals surface area contributed by atoms with Crippen LogP contribution in [0.15, 0.2) is 0 Å². The number of unbranched alkanes of at least 4 members (excludes halogenated alkanes) is 54. The van der Waals surface area contributed by atoms with E-state index in [0.29, 0.717) is 19.3 Å². The molecule has 0 aliphatic rings. The second-order valence-electron chi connectivity index (χ2n) is 23.8. The first-order chi connectivity index (χ1) is 37.0. The summed E-state index contributed by atoms with van der Waals surface area (Å²) in [6.07, 6.45) is 75.8. The summed E-state index contributed by atoms with van der Waals surface area (Å²) in [5.41, 5.74) is 0. The molecule has 0 N–H and O–H groups in total. The van der Waals surface area contributed by atoms with Gasteiger partial charge in [-0.3, -0.25) is 14.4 Å². The molecule has 0 saturated heterocycles. The summed E-state index contributed by atoms with van der Waals surface area (Å²) >= 11 is 0. The van der Waals surface area contributed by atoms with Gasteiger partial charge in [-0.05, 0) is 19.3 Å². The predicted octanol–water partition coefficient (Wildman–Crippen LogP) is 23.5. The molecule has 0 fully saturated rings. The topological polar surface area (TPSA) is 78.9 Å². The molecule has 0 bridgehead atoms. The quantitative estimate of drug-likeness (QED) is 0.0343. The Hall–Kier alpha value is -1.59. The molecule has 0 aromatic rings. The molecule has 1 unspecified atom stereocenters. The maximum atomic E-state index is 12.9. The summed E-state index contributed by atoms with van der Waals surface area (Å²) in [6.45, 7) is 6.71. The number of hydrogen-bond acceptors (Lipinski definition) is 6. The Morgan fingerprint density at radius 1 is 0.213 bits per heavy atom. The zero-order valence-corrected chi connectivity index (χ0v) is 51.4. The fraction of sp³-hybridized carbons (Fsp3) is 0.957. The normalized spacial score (nSPS) is 11.9. The third kappa shape index (κ3) is 63.1. The van der Waals surface area contributed by atoms with E-state index in [2.05, 4.69) is 20.8 Å². The molecule has 6 nitrogen and oxygen atoms in total. The van der Waals surface area contributed by atoms with Gasteiger partial charge in [0.1, 0.15) is 13.2 Å². The van der Waals surface area contributed by atoms with Gasteiger partial charge >= 0.3 is 17.9 Å². The van der Waals surface area contributed by atoms with E-state index >= 15 is 0 Å². The highest BCUT2D eigenvalue weighted by atomic mass is 16.6. The second kappa shape index (κ2) is 64.9. The average molecular weight is 1060 g/mol. The highest BCUT2D eigenvalue weighted by Crippen LogP contribution is 2.19. The van der Waals surface area contributed by atoms with E-state index in [1.165, 1.54) is 308 Å². The SMILES string of the molecule is CCCCCCCCCCCCCCCCCCCCCCCCCCCCC(=O)OCC(COC(=O)CCCCCCCCCCC)OC(=O)CCCCCCCCCCCCCCCCCCCCCCCC. The third-order valence-corrected chi connectivity index (χ3v) is 16.1. The van der Waals surface area contributed by atoms with Crippen LogP contribution in [0.4, 0.5) is 0 Å². The molecule has 0 amide bonds. The number of rotatable bonds is 65. The summed E-state index contributed by atoms with van der Waals surface area (Å²) < 4.78 is 16.9. The van der Waals surface area contributed by atoms with Crippen LogP contribution in [0, 0.1) is 0 Å². The summed E-state index contributed by atoms with van der Waals surface area (Å²) in [4.78, 5) is 38.2. The zero-order chi connectivity index (χ0) is 54.3. The van der Waals surface area contributed by atoms with Crippen LogP contribution in [0.1, 0.15) is 406 Å². The second-order valence-corrected chi connectivity index (χ2v) is 23.8. The first-order valence-electron chi connectivity index (χ1n) is 34.5. The summed E-state index contributed by atoms with van der Waals surface area (Å²) in [6, 6.07) is 0. The number of carbonyl (C=O) groups is 3. The molecule has 0 aliphatic carbocycles. The standard InChI is InChI=1S/C69H134O6/c1-4-7-10-13-16-19-21-23-25-27-29-31-33-34-35-36-38-39-41-43-45-47-50-53-56-59-62-68(71)74-65-66(64-73-67(70)61-58-55-52-49-18-15-12-9-6-3)75-69(72)63-60-57-54-51-48-46-44-42-40-37-32-30-28-26-24-22-20-17-14-11-8-5-2/h66H,4-65H2,1-3H3. The van der Waals surface area contributed by atoms with Gasteiger partial charge in [0.2, 0.25) is 0 Å². The summed E-state index contributed by atoms with van der Waals surface area (Å²) in [7, 11) is 0. The Bertz CT molecular complexity index is 1120. The minimum Gasteiger partial charge on any atom is -0.462 e. The van der Waals surface area contributed by atoms with E-state index in [4.69, 9.17) is 14.2 Å². The lowest BCUT2D eigenvalue weighted by atomic mass is 10.0. The Kier molecular flexibility index (Phi) is 63.6. The van der Waals surface area contributed by atoms with Crippen molar-refractivity contribution in [1.82, 2.24) is 0 Å². The first-order valence-corrected chi connectivity index (χ1v) is 34.5. The molecule has 1 atom stereocenters. The van der Waals surface area contributed by atoms with E-state index in [1.807, 2.05) is 0 Å². The highest BCUT2D eigenvalue weighted by Gasteiger charge is 2.19. The molecule has 0 radical (unpaired) electrons. The number of carbonyl (C=O) groups excluding carboxylic acids is 3. The third-order valence-electron chi connectivity index (χ3n) is 16.1. The van der Waals surface area contributed by atoms with Crippen LogP contribution in [-0.2, 0) is 28.6 Å². The van der Waals surface area contributed by atoms with Gasteiger partial charge in [-0.15, -0.1) is 0 Å². The molecule has 0 heterocycles. The maximum Gasteiger partial charge on any atom is 0.306 e. The Balaban J connectivity index is 4.08. The number of hydrogen-bond donors (Lipinski definition) is 0. The fourth-order valence-electron chi connectivity index (χ4n) is 10.9. The van der Waals surface area contributed by atoms with Crippen molar-refractivity contribution in [3.8, 4) is 0 Å². The molecule has 0 saturated carbocycles. The average Bonchev–Trinajstić information content (AvgIpc) is 3.41. The minimum absolute atomic E-state index is 0.0608. The molecule has 0 spiro atoms. The van der Waals surface area contributed by atoms with Crippen LogP contribution in [0.3, 0.4) is 0 Å². The van der Waals surface area contributed by atoms with Crippen molar-refractivity contribution in [1.29, 1.82) is 0 Å².